The Balaban J connectivity index is 1.64. The quantitative estimate of drug-likeness (QED) is 0.813. The van der Waals surface area contributed by atoms with E-state index in [1.165, 1.54) is 22.3 Å². The minimum atomic E-state index is 0.237. The zero-order valence-corrected chi connectivity index (χ0v) is 16.8. The van der Waals surface area contributed by atoms with Gasteiger partial charge in [-0.2, -0.15) is 0 Å². The van der Waals surface area contributed by atoms with Crippen molar-refractivity contribution in [2.24, 2.45) is 0 Å². The van der Waals surface area contributed by atoms with Gasteiger partial charge in [0.1, 0.15) is 5.75 Å². The summed E-state index contributed by atoms with van der Waals surface area (Å²) in [6.07, 6.45) is 0.819. The van der Waals surface area contributed by atoms with Gasteiger partial charge in [0.25, 0.3) is 0 Å². The summed E-state index contributed by atoms with van der Waals surface area (Å²) < 4.78 is 5.38. The summed E-state index contributed by atoms with van der Waals surface area (Å²) >= 11 is 0. The van der Waals surface area contributed by atoms with Crippen LogP contribution < -0.4 is 4.74 Å². The van der Waals surface area contributed by atoms with Crippen molar-refractivity contribution in [2.75, 3.05) is 33.4 Å². The van der Waals surface area contributed by atoms with E-state index in [0.717, 1.165) is 44.9 Å². The Labute approximate surface area is 163 Å². The van der Waals surface area contributed by atoms with Crippen LogP contribution in [0.2, 0.25) is 0 Å². The lowest BCUT2D eigenvalue weighted by molar-refractivity contribution is 0.0499. The van der Waals surface area contributed by atoms with Crippen molar-refractivity contribution in [3.05, 3.63) is 64.7 Å². The lowest BCUT2D eigenvalue weighted by Crippen LogP contribution is -2.52. The number of piperazine rings is 1. The Morgan fingerprint density at radius 2 is 1.85 bits per heavy atom. The summed E-state index contributed by atoms with van der Waals surface area (Å²) in [4.78, 5) is 5.04. The van der Waals surface area contributed by atoms with Crippen LogP contribution in [0.1, 0.15) is 28.7 Å². The minimum Gasteiger partial charge on any atom is -0.496 e. The molecule has 0 aromatic heterocycles. The summed E-state index contributed by atoms with van der Waals surface area (Å²) in [6, 6.07) is 15.6. The average molecular weight is 369 g/mol. The monoisotopic (exact) mass is 368 g/mol. The molecule has 27 heavy (non-hydrogen) atoms. The SMILES string of the molecule is COc1ccc(CN2CCN(Cc3cccc(C)c3)C[C@@H]2CCO)cc1C. The average Bonchev–Trinajstić information content (AvgIpc) is 2.64. The topological polar surface area (TPSA) is 35.9 Å². The van der Waals surface area contributed by atoms with Crippen LogP contribution in [0.15, 0.2) is 42.5 Å². The molecule has 2 aromatic carbocycles. The predicted molar refractivity (Wildman–Crippen MR) is 110 cm³/mol. The lowest BCUT2D eigenvalue weighted by Gasteiger charge is -2.41. The molecule has 4 nitrogen and oxygen atoms in total. The molecule has 146 valence electrons. The highest BCUT2D eigenvalue weighted by Gasteiger charge is 2.26. The first-order valence-electron chi connectivity index (χ1n) is 9.85. The molecular weight excluding hydrogens is 336 g/mol. The van der Waals surface area contributed by atoms with Gasteiger partial charge >= 0.3 is 0 Å². The highest BCUT2D eigenvalue weighted by Crippen LogP contribution is 2.22. The van der Waals surface area contributed by atoms with Gasteiger partial charge in [0, 0.05) is 45.4 Å². The van der Waals surface area contributed by atoms with Crippen LogP contribution in [0.3, 0.4) is 0 Å². The van der Waals surface area contributed by atoms with Crippen LogP contribution >= 0.6 is 0 Å². The van der Waals surface area contributed by atoms with E-state index >= 15 is 0 Å². The van der Waals surface area contributed by atoms with E-state index in [-0.39, 0.29) is 6.61 Å². The highest BCUT2D eigenvalue weighted by molar-refractivity contribution is 5.36. The van der Waals surface area contributed by atoms with Crippen LogP contribution in [-0.2, 0) is 13.1 Å². The molecule has 1 N–H and O–H groups in total. The summed E-state index contributed by atoms with van der Waals surface area (Å²) in [5, 5.41) is 9.57. The van der Waals surface area contributed by atoms with Crippen molar-refractivity contribution in [2.45, 2.75) is 39.4 Å². The molecule has 3 rings (SSSR count). The Kier molecular flexibility index (Phi) is 6.89. The van der Waals surface area contributed by atoms with E-state index in [4.69, 9.17) is 4.74 Å². The Morgan fingerprint density at radius 1 is 1.04 bits per heavy atom. The standard InChI is InChI=1S/C23H32N2O2/c1-18-5-4-6-20(13-18)15-24-10-11-25(22(17-24)9-12-26)16-21-7-8-23(27-3)19(2)14-21/h4-8,13-14,22,26H,9-12,15-17H2,1-3H3/t22-/m0/s1. The van der Waals surface area contributed by atoms with Crippen molar-refractivity contribution in [3.63, 3.8) is 0 Å². The summed E-state index contributed by atoms with van der Waals surface area (Å²) in [5.74, 6) is 0.939. The number of nitrogens with zero attached hydrogens (tertiary/aromatic N) is 2. The molecule has 1 aliphatic heterocycles. The Morgan fingerprint density at radius 3 is 2.56 bits per heavy atom. The van der Waals surface area contributed by atoms with Crippen LogP contribution in [-0.4, -0.2) is 54.3 Å². The van der Waals surface area contributed by atoms with E-state index in [1.807, 2.05) is 0 Å². The zero-order chi connectivity index (χ0) is 19.2. The first-order valence-corrected chi connectivity index (χ1v) is 9.85. The molecule has 1 aliphatic rings. The zero-order valence-electron chi connectivity index (χ0n) is 16.8. The van der Waals surface area contributed by atoms with Gasteiger partial charge in [0.15, 0.2) is 0 Å². The number of hydrogen-bond donors (Lipinski definition) is 1. The fourth-order valence-electron chi connectivity index (χ4n) is 4.07. The Hall–Kier alpha value is -1.88. The number of aliphatic hydroxyl groups excluding tert-OH is 1. The molecule has 0 spiro atoms. The number of rotatable bonds is 7. The van der Waals surface area contributed by atoms with Gasteiger partial charge < -0.3 is 9.84 Å². The third kappa shape index (κ3) is 5.32. The minimum absolute atomic E-state index is 0.237. The van der Waals surface area contributed by atoms with Crippen LogP contribution in [0.4, 0.5) is 0 Å². The van der Waals surface area contributed by atoms with E-state index < -0.39 is 0 Å². The largest absolute Gasteiger partial charge is 0.496 e. The number of hydrogen-bond acceptors (Lipinski definition) is 4. The molecule has 0 bridgehead atoms. The molecule has 1 fully saturated rings. The summed E-state index contributed by atoms with van der Waals surface area (Å²) in [5.41, 5.74) is 5.17. The van der Waals surface area contributed by atoms with Crippen LogP contribution in [0, 0.1) is 13.8 Å². The first-order chi connectivity index (χ1) is 13.1. The van der Waals surface area contributed by atoms with Gasteiger partial charge in [0.05, 0.1) is 7.11 Å². The van der Waals surface area contributed by atoms with E-state index in [1.54, 1.807) is 7.11 Å². The van der Waals surface area contributed by atoms with Crippen molar-refractivity contribution in [1.29, 1.82) is 0 Å². The Bertz CT molecular complexity index is 747. The summed E-state index contributed by atoms with van der Waals surface area (Å²) in [6.45, 7) is 9.48. The van der Waals surface area contributed by atoms with Gasteiger partial charge in [-0.05, 0) is 43.0 Å². The molecule has 0 aliphatic carbocycles. The number of benzene rings is 2. The number of ether oxygens (including phenoxy) is 1. The van der Waals surface area contributed by atoms with E-state index in [2.05, 4.69) is 66.1 Å². The van der Waals surface area contributed by atoms with Crippen molar-refractivity contribution in [1.82, 2.24) is 9.80 Å². The molecule has 0 amide bonds. The molecule has 1 saturated heterocycles. The molecule has 0 saturated carbocycles. The molecular formula is C23H32N2O2. The highest BCUT2D eigenvalue weighted by atomic mass is 16.5. The molecule has 0 unspecified atom stereocenters. The second kappa shape index (κ2) is 9.36. The van der Waals surface area contributed by atoms with Gasteiger partial charge in [-0.3, -0.25) is 9.80 Å². The fourth-order valence-corrected chi connectivity index (χ4v) is 4.07. The maximum Gasteiger partial charge on any atom is 0.121 e. The smallest absolute Gasteiger partial charge is 0.121 e. The molecule has 4 heteroatoms. The van der Waals surface area contributed by atoms with Crippen molar-refractivity contribution >= 4 is 0 Å². The maximum absolute atomic E-state index is 9.57. The molecule has 2 aromatic rings. The van der Waals surface area contributed by atoms with E-state index in [0.29, 0.717) is 6.04 Å². The molecule has 0 radical (unpaired) electrons. The maximum atomic E-state index is 9.57. The first kappa shape index (κ1) is 19.9. The third-order valence-corrected chi connectivity index (χ3v) is 5.48. The third-order valence-electron chi connectivity index (χ3n) is 5.48. The normalized spacial score (nSPS) is 18.6. The summed E-state index contributed by atoms with van der Waals surface area (Å²) in [7, 11) is 1.72. The second-order valence-electron chi connectivity index (χ2n) is 7.66. The van der Waals surface area contributed by atoms with Gasteiger partial charge in [-0.1, -0.05) is 42.0 Å². The molecule has 1 atom stereocenters. The molecule has 1 heterocycles. The van der Waals surface area contributed by atoms with E-state index in [9.17, 15) is 5.11 Å². The number of methoxy groups -OCH3 is 1. The number of aryl methyl sites for hydroxylation is 2. The van der Waals surface area contributed by atoms with Crippen LogP contribution in [0.5, 0.6) is 5.75 Å². The van der Waals surface area contributed by atoms with Crippen LogP contribution in [0.25, 0.3) is 0 Å². The van der Waals surface area contributed by atoms with Gasteiger partial charge in [0.2, 0.25) is 0 Å². The second-order valence-corrected chi connectivity index (χ2v) is 7.66. The van der Waals surface area contributed by atoms with Gasteiger partial charge in [-0.25, -0.2) is 0 Å². The lowest BCUT2D eigenvalue weighted by atomic mass is 10.0. The number of aliphatic hydroxyl groups is 1. The predicted octanol–water partition coefficient (Wildman–Crippen LogP) is 3.38. The van der Waals surface area contributed by atoms with Gasteiger partial charge in [-0.15, -0.1) is 0 Å². The fraction of sp³-hybridized carbons (Fsp3) is 0.478. The van der Waals surface area contributed by atoms with Crippen molar-refractivity contribution in [3.8, 4) is 5.75 Å². The van der Waals surface area contributed by atoms with Crippen molar-refractivity contribution < 1.29 is 9.84 Å².